The van der Waals surface area contributed by atoms with Gasteiger partial charge in [0.15, 0.2) is 0 Å². The number of fused-ring (bicyclic) bond motifs is 1. The summed E-state index contributed by atoms with van der Waals surface area (Å²) in [6.07, 6.45) is 2.21. The topological polar surface area (TPSA) is 35.0 Å². The van der Waals surface area contributed by atoms with Crippen molar-refractivity contribution in [3.05, 3.63) is 53.0 Å². The number of rotatable bonds is 4. The Kier molecular flexibility index (Phi) is 4.17. The Morgan fingerprint density at radius 2 is 2.14 bits per heavy atom. The van der Waals surface area contributed by atoms with Crippen molar-refractivity contribution in [2.75, 3.05) is 7.11 Å². The molecular weight excluding hydrogens is 355 g/mol. The van der Waals surface area contributed by atoms with Crippen molar-refractivity contribution in [1.29, 1.82) is 0 Å². The Balaban J connectivity index is 1.84. The molecule has 1 aromatic carbocycles. The van der Waals surface area contributed by atoms with E-state index in [1.54, 1.807) is 30.6 Å². The van der Waals surface area contributed by atoms with Crippen LogP contribution >= 0.6 is 27.3 Å². The van der Waals surface area contributed by atoms with E-state index in [-0.39, 0.29) is 10.6 Å². The summed E-state index contributed by atoms with van der Waals surface area (Å²) in [5, 5.41) is 1.06. The van der Waals surface area contributed by atoms with Crippen LogP contribution < -0.4 is 4.74 Å². The zero-order chi connectivity index (χ0) is 14.8. The number of hydrogen-bond donors (Lipinski definition) is 0. The third-order valence-corrected chi connectivity index (χ3v) is 5.44. The Labute approximate surface area is 133 Å². The van der Waals surface area contributed by atoms with Gasteiger partial charge in [-0.05, 0) is 23.6 Å². The number of methoxy groups -OCH3 is 1. The predicted molar refractivity (Wildman–Crippen MR) is 85.7 cm³/mol. The number of benzene rings is 1. The maximum atomic E-state index is 13.2. The van der Waals surface area contributed by atoms with Crippen molar-refractivity contribution >= 4 is 37.4 Å². The number of halogens is 2. The average Bonchev–Trinajstić information content (AvgIpc) is 2.90. The summed E-state index contributed by atoms with van der Waals surface area (Å²) in [4.78, 5) is 9.51. The molecule has 2 heterocycles. The van der Waals surface area contributed by atoms with Crippen molar-refractivity contribution in [2.45, 2.75) is 11.2 Å². The van der Waals surface area contributed by atoms with E-state index in [1.807, 2.05) is 6.07 Å². The van der Waals surface area contributed by atoms with Gasteiger partial charge in [0.1, 0.15) is 12.1 Å². The Bertz CT molecular complexity index is 777. The van der Waals surface area contributed by atoms with Gasteiger partial charge in [0.05, 0.1) is 11.9 Å². The van der Waals surface area contributed by atoms with Gasteiger partial charge in [0.2, 0.25) is 5.88 Å². The van der Waals surface area contributed by atoms with Crippen LogP contribution in [0.4, 0.5) is 4.39 Å². The molecule has 0 N–H and O–H groups in total. The minimum absolute atomic E-state index is 0.123. The van der Waals surface area contributed by atoms with Crippen LogP contribution in [0.3, 0.4) is 0 Å². The first-order valence-electron chi connectivity index (χ1n) is 6.33. The molecule has 2 aromatic heterocycles. The summed E-state index contributed by atoms with van der Waals surface area (Å²) in [7, 11) is 1.58. The minimum atomic E-state index is -0.206. The zero-order valence-corrected chi connectivity index (χ0v) is 13.6. The number of hydrogen-bond acceptors (Lipinski definition) is 4. The fourth-order valence-corrected chi connectivity index (χ4v) is 3.88. The molecule has 3 nitrogen and oxygen atoms in total. The molecule has 0 saturated heterocycles. The summed E-state index contributed by atoms with van der Waals surface area (Å²) >= 11 is 5.27. The standard InChI is InChI=1S/C15H12BrFN2OS/c1-20-15-7-11(18-8-19-15)6-12(16)14-4-9-2-3-10(17)5-13(9)21-14/h2-5,7-8,12H,6H2,1H3. The highest BCUT2D eigenvalue weighted by atomic mass is 79.9. The third kappa shape index (κ3) is 3.22. The molecular formula is C15H12BrFN2OS. The number of thiophene rings is 1. The van der Waals surface area contributed by atoms with Gasteiger partial charge >= 0.3 is 0 Å². The molecule has 0 aliphatic carbocycles. The van der Waals surface area contributed by atoms with Crippen LogP contribution in [-0.2, 0) is 6.42 Å². The van der Waals surface area contributed by atoms with E-state index in [4.69, 9.17) is 4.74 Å². The molecule has 6 heteroatoms. The molecule has 0 aliphatic rings. The van der Waals surface area contributed by atoms with Crippen LogP contribution in [0.15, 0.2) is 36.7 Å². The van der Waals surface area contributed by atoms with Crippen molar-refractivity contribution in [1.82, 2.24) is 9.97 Å². The quantitative estimate of drug-likeness (QED) is 0.636. The summed E-state index contributed by atoms with van der Waals surface area (Å²) in [6, 6.07) is 8.75. The molecule has 0 fully saturated rings. The zero-order valence-electron chi connectivity index (χ0n) is 11.2. The first kappa shape index (κ1) is 14.4. The summed E-state index contributed by atoms with van der Waals surface area (Å²) in [6.45, 7) is 0. The molecule has 0 spiro atoms. The molecule has 0 bridgehead atoms. The van der Waals surface area contributed by atoms with Crippen molar-refractivity contribution in [2.24, 2.45) is 0 Å². The lowest BCUT2D eigenvalue weighted by atomic mass is 10.2. The van der Waals surface area contributed by atoms with Crippen molar-refractivity contribution < 1.29 is 9.13 Å². The van der Waals surface area contributed by atoms with Gasteiger partial charge in [0.25, 0.3) is 0 Å². The lowest BCUT2D eigenvalue weighted by Gasteiger charge is -2.07. The number of nitrogens with zero attached hydrogens (tertiary/aromatic N) is 2. The first-order valence-corrected chi connectivity index (χ1v) is 8.07. The third-order valence-electron chi connectivity index (χ3n) is 3.11. The van der Waals surface area contributed by atoms with Gasteiger partial charge in [-0.2, -0.15) is 0 Å². The maximum Gasteiger partial charge on any atom is 0.216 e. The van der Waals surface area contributed by atoms with E-state index in [0.29, 0.717) is 12.3 Å². The molecule has 3 rings (SSSR count). The minimum Gasteiger partial charge on any atom is -0.481 e. The van der Waals surface area contributed by atoms with E-state index in [1.165, 1.54) is 12.4 Å². The Hall–Kier alpha value is -1.53. The normalized spacial score (nSPS) is 12.5. The van der Waals surface area contributed by atoms with Crippen LogP contribution in [0.5, 0.6) is 5.88 Å². The molecule has 0 amide bonds. The monoisotopic (exact) mass is 366 g/mol. The number of alkyl halides is 1. The second-order valence-electron chi connectivity index (χ2n) is 4.55. The molecule has 1 atom stereocenters. The van der Waals surface area contributed by atoms with Gasteiger partial charge < -0.3 is 4.74 Å². The summed E-state index contributed by atoms with van der Waals surface area (Å²) < 4.78 is 19.3. The molecule has 3 aromatic rings. The summed E-state index contributed by atoms with van der Waals surface area (Å²) in [5.41, 5.74) is 0.896. The van der Waals surface area contributed by atoms with E-state index in [2.05, 4.69) is 32.0 Å². The van der Waals surface area contributed by atoms with E-state index < -0.39 is 0 Å². The Morgan fingerprint density at radius 3 is 2.95 bits per heavy atom. The van der Waals surface area contributed by atoms with Gasteiger partial charge in [-0.25, -0.2) is 14.4 Å². The van der Waals surface area contributed by atoms with Gasteiger partial charge in [-0.15, -0.1) is 11.3 Å². The molecule has 0 radical (unpaired) electrons. The maximum absolute atomic E-state index is 13.2. The highest BCUT2D eigenvalue weighted by Crippen LogP contribution is 2.36. The lowest BCUT2D eigenvalue weighted by Crippen LogP contribution is -1.98. The van der Waals surface area contributed by atoms with Crippen molar-refractivity contribution in [3.8, 4) is 5.88 Å². The molecule has 1 unspecified atom stereocenters. The largest absolute Gasteiger partial charge is 0.481 e. The highest BCUT2D eigenvalue weighted by Gasteiger charge is 2.14. The first-order chi connectivity index (χ1) is 10.2. The SMILES string of the molecule is COc1cc(CC(Br)c2cc3ccc(F)cc3s2)ncn1. The summed E-state index contributed by atoms with van der Waals surface area (Å²) in [5.74, 6) is 0.348. The molecule has 108 valence electrons. The predicted octanol–water partition coefficient (Wildman–Crippen LogP) is 4.52. The van der Waals surface area contributed by atoms with Gasteiger partial charge in [0, 0.05) is 27.8 Å². The van der Waals surface area contributed by atoms with Crippen molar-refractivity contribution in [3.63, 3.8) is 0 Å². The van der Waals surface area contributed by atoms with E-state index in [0.717, 1.165) is 20.7 Å². The van der Waals surface area contributed by atoms with Crippen LogP contribution in [0.1, 0.15) is 15.4 Å². The van der Waals surface area contributed by atoms with Crippen LogP contribution in [-0.4, -0.2) is 17.1 Å². The smallest absolute Gasteiger partial charge is 0.216 e. The fraction of sp³-hybridized carbons (Fsp3) is 0.200. The van der Waals surface area contributed by atoms with Crippen LogP contribution in [0, 0.1) is 5.82 Å². The average molecular weight is 367 g/mol. The number of aromatic nitrogens is 2. The molecule has 0 saturated carbocycles. The Morgan fingerprint density at radius 1 is 1.29 bits per heavy atom. The highest BCUT2D eigenvalue weighted by molar-refractivity contribution is 9.09. The van der Waals surface area contributed by atoms with Crippen LogP contribution in [0.2, 0.25) is 0 Å². The van der Waals surface area contributed by atoms with Crippen LogP contribution in [0.25, 0.3) is 10.1 Å². The second kappa shape index (κ2) is 6.07. The molecule has 0 aliphatic heterocycles. The van der Waals surface area contributed by atoms with E-state index >= 15 is 0 Å². The second-order valence-corrected chi connectivity index (χ2v) is 6.77. The van der Waals surface area contributed by atoms with E-state index in [9.17, 15) is 4.39 Å². The lowest BCUT2D eigenvalue weighted by molar-refractivity contribution is 0.396. The molecule has 21 heavy (non-hydrogen) atoms. The van der Waals surface area contributed by atoms with Gasteiger partial charge in [-0.3, -0.25) is 0 Å². The number of ether oxygens (including phenoxy) is 1. The van der Waals surface area contributed by atoms with Gasteiger partial charge in [-0.1, -0.05) is 22.0 Å². The fourth-order valence-electron chi connectivity index (χ4n) is 2.06.